The molecule has 0 saturated carbocycles. The molecule has 0 aromatic heterocycles. The monoisotopic (exact) mass is 324 g/mol. The van der Waals surface area contributed by atoms with Gasteiger partial charge in [-0.05, 0) is 31.5 Å². The van der Waals surface area contributed by atoms with Crippen molar-refractivity contribution in [2.24, 2.45) is 0 Å². The number of fused-ring (bicyclic) bond motifs is 1. The fourth-order valence-corrected chi connectivity index (χ4v) is 2.85. The normalized spacial score (nSPS) is 13.9. The Bertz CT molecular complexity index is 743. The molecule has 2 amide bonds. The second kappa shape index (κ2) is 6.74. The molecule has 2 aromatic carbocycles. The van der Waals surface area contributed by atoms with Crippen LogP contribution in [-0.4, -0.2) is 24.6 Å². The van der Waals surface area contributed by atoms with Crippen molar-refractivity contribution in [1.82, 2.24) is 0 Å². The zero-order chi connectivity index (χ0) is 17.1. The van der Waals surface area contributed by atoms with Gasteiger partial charge in [0.05, 0.1) is 11.4 Å². The van der Waals surface area contributed by atoms with Gasteiger partial charge in [0.2, 0.25) is 5.91 Å². The number of hydrogen-bond acceptors (Lipinski definition) is 3. The third kappa shape index (κ3) is 3.11. The van der Waals surface area contributed by atoms with E-state index in [1.165, 1.54) is 4.90 Å². The van der Waals surface area contributed by atoms with Crippen LogP contribution in [0, 0.1) is 0 Å². The third-order valence-corrected chi connectivity index (χ3v) is 3.94. The maximum Gasteiger partial charge on any atom is 0.415 e. The van der Waals surface area contributed by atoms with Crippen LogP contribution in [-0.2, 0) is 16.1 Å². The summed E-state index contributed by atoms with van der Waals surface area (Å²) in [5.74, 6) is -0.111. The van der Waals surface area contributed by atoms with Crippen LogP contribution in [0.1, 0.15) is 19.4 Å². The Morgan fingerprint density at radius 1 is 1.04 bits per heavy atom. The van der Waals surface area contributed by atoms with Crippen LogP contribution in [0.2, 0.25) is 0 Å². The van der Waals surface area contributed by atoms with Crippen molar-refractivity contribution in [2.75, 3.05) is 16.3 Å². The van der Waals surface area contributed by atoms with Crippen molar-refractivity contribution in [3.8, 4) is 0 Å². The molecule has 0 N–H and O–H groups in total. The van der Waals surface area contributed by atoms with E-state index in [2.05, 4.69) is 0 Å². The number of carbonyl (C=O) groups excluding carboxylic acids is 2. The molecule has 124 valence electrons. The molecule has 5 heteroatoms. The van der Waals surface area contributed by atoms with Crippen molar-refractivity contribution >= 4 is 23.4 Å². The summed E-state index contributed by atoms with van der Waals surface area (Å²) in [6, 6.07) is 16.9. The highest BCUT2D eigenvalue weighted by Crippen LogP contribution is 2.34. The Morgan fingerprint density at radius 2 is 1.67 bits per heavy atom. The van der Waals surface area contributed by atoms with Crippen LogP contribution < -0.4 is 9.80 Å². The number of hydrogen-bond donors (Lipinski definition) is 0. The SMILES string of the molecule is CC(C)N1C(=O)CN(C(=O)OCc2ccccc2)c2ccccc21. The van der Waals surface area contributed by atoms with Gasteiger partial charge in [0.25, 0.3) is 0 Å². The molecule has 0 aliphatic carbocycles. The standard InChI is InChI=1S/C19H20N2O3/c1-14(2)21-17-11-7-6-10-16(17)20(12-18(21)22)19(23)24-13-15-8-4-3-5-9-15/h3-11,14H,12-13H2,1-2H3. The van der Waals surface area contributed by atoms with Gasteiger partial charge in [0, 0.05) is 6.04 Å². The average Bonchev–Trinajstić information content (AvgIpc) is 2.59. The number of amides is 2. The van der Waals surface area contributed by atoms with E-state index in [9.17, 15) is 9.59 Å². The van der Waals surface area contributed by atoms with Crippen LogP contribution in [0.3, 0.4) is 0 Å². The molecule has 0 saturated heterocycles. The molecule has 0 spiro atoms. The number of para-hydroxylation sites is 2. The van der Waals surface area contributed by atoms with E-state index in [4.69, 9.17) is 4.74 Å². The Morgan fingerprint density at radius 3 is 2.33 bits per heavy atom. The minimum absolute atomic E-state index is 0.0111. The highest BCUT2D eigenvalue weighted by molar-refractivity contribution is 6.09. The topological polar surface area (TPSA) is 49.9 Å². The summed E-state index contributed by atoms with van der Waals surface area (Å²) in [4.78, 5) is 28.1. The quantitative estimate of drug-likeness (QED) is 0.867. The van der Waals surface area contributed by atoms with Crippen LogP contribution in [0.15, 0.2) is 54.6 Å². The van der Waals surface area contributed by atoms with Crippen molar-refractivity contribution < 1.29 is 14.3 Å². The zero-order valence-corrected chi connectivity index (χ0v) is 13.8. The zero-order valence-electron chi connectivity index (χ0n) is 13.8. The highest BCUT2D eigenvalue weighted by atomic mass is 16.6. The van der Waals surface area contributed by atoms with E-state index >= 15 is 0 Å². The van der Waals surface area contributed by atoms with Crippen molar-refractivity contribution in [3.63, 3.8) is 0 Å². The van der Waals surface area contributed by atoms with E-state index in [0.717, 1.165) is 11.3 Å². The lowest BCUT2D eigenvalue weighted by Crippen LogP contribution is -2.50. The van der Waals surface area contributed by atoms with Crippen molar-refractivity contribution in [3.05, 3.63) is 60.2 Å². The minimum atomic E-state index is -0.511. The molecule has 3 rings (SSSR count). The maximum absolute atomic E-state index is 12.5. The van der Waals surface area contributed by atoms with E-state index in [1.54, 1.807) is 4.90 Å². The van der Waals surface area contributed by atoms with Crippen LogP contribution in [0.4, 0.5) is 16.2 Å². The largest absolute Gasteiger partial charge is 0.444 e. The first-order chi connectivity index (χ1) is 11.6. The van der Waals surface area contributed by atoms with Crippen molar-refractivity contribution in [1.29, 1.82) is 0 Å². The number of carbonyl (C=O) groups is 2. The lowest BCUT2D eigenvalue weighted by Gasteiger charge is -2.37. The second-order valence-corrected chi connectivity index (χ2v) is 5.97. The number of ether oxygens (including phenoxy) is 1. The average molecular weight is 324 g/mol. The van der Waals surface area contributed by atoms with Crippen molar-refractivity contribution in [2.45, 2.75) is 26.5 Å². The van der Waals surface area contributed by atoms with Gasteiger partial charge in [-0.1, -0.05) is 42.5 Å². The summed E-state index contributed by atoms with van der Waals surface area (Å²) in [5, 5.41) is 0. The lowest BCUT2D eigenvalue weighted by atomic mass is 10.1. The molecule has 0 unspecified atom stereocenters. The summed E-state index contributed by atoms with van der Waals surface area (Å²) in [6.45, 7) is 4.08. The Balaban J connectivity index is 1.81. The van der Waals surface area contributed by atoms with Crippen LogP contribution in [0.5, 0.6) is 0 Å². The number of nitrogens with zero attached hydrogens (tertiary/aromatic N) is 2. The first-order valence-corrected chi connectivity index (χ1v) is 7.97. The van der Waals surface area contributed by atoms with Gasteiger partial charge < -0.3 is 9.64 Å². The Labute approximate surface area is 141 Å². The summed E-state index contributed by atoms with van der Waals surface area (Å²) in [7, 11) is 0. The van der Waals surface area contributed by atoms with E-state index in [1.807, 2.05) is 68.4 Å². The molecular formula is C19H20N2O3. The first-order valence-electron chi connectivity index (χ1n) is 7.97. The van der Waals surface area contributed by atoms with E-state index < -0.39 is 6.09 Å². The first kappa shape index (κ1) is 16.1. The second-order valence-electron chi connectivity index (χ2n) is 5.97. The number of anilines is 2. The van der Waals surface area contributed by atoms with Gasteiger partial charge in [-0.2, -0.15) is 0 Å². The smallest absolute Gasteiger partial charge is 0.415 e. The van der Waals surface area contributed by atoms with Gasteiger partial charge in [0.1, 0.15) is 13.2 Å². The molecular weight excluding hydrogens is 304 g/mol. The molecule has 1 aliphatic rings. The summed E-state index contributed by atoms with van der Waals surface area (Å²) >= 11 is 0. The van der Waals surface area contributed by atoms with Gasteiger partial charge in [-0.3, -0.25) is 9.69 Å². The summed E-state index contributed by atoms with van der Waals surface area (Å²) in [6.07, 6.45) is -0.511. The summed E-state index contributed by atoms with van der Waals surface area (Å²) in [5.41, 5.74) is 2.34. The molecule has 0 bridgehead atoms. The third-order valence-electron chi connectivity index (χ3n) is 3.94. The fourth-order valence-electron chi connectivity index (χ4n) is 2.85. The molecule has 2 aromatic rings. The lowest BCUT2D eigenvalue weighted by molar-refractivity contribution is -0.117. The van der Waals surface area contributed by atoms with Gasteiger partial charge in [-0.15, -0.1) is 0 Å². The van der Waals surface area contributed by atoms with Gasteiger partial charge in [0.15, 0.2) is 0 Å². The fraction of sp³-hybridized carbons (Fsp3) is 0.263. The van der Waals surface area contributed by atoms with Crippen LogP contribution in [0.25, 0.3) is 0 Å². The Kier molecular flexibility index (Phi) is 4.51. The number of benzene rings is 2. The maximum atomic E-state index is 12.5. The predicted molar refractivity (Wildman–Crippen MR) is 93.0 cm³/mol. The molecule has 5 nitrogen and oxygen atoms in total. The highest BCUT2D eigenvalue weighted by Gasteiger charge is 2.34. The molecule has 0 atom stereocenters. The minimum Gasteiger partial charge on any atom is -0.444 e. The van der Waals surface area contributed by atoms with Gasteiger partial charge in [-0.25, -0.2) is 4.79 Å². The Hall–Kier alpha value is -2.82. The van der Waals surface area contributed by atoms with E-state index in [-0.39, 0.29) is 25.1 Å². The molecule has 24 heavy (non-hydrogen) atoms. The van der Waals surface area contributed by atoms with Gasteiger partial charge >= 0.3 is 6.09 Å². The predicted octanol–water partition coefficient (Wildman–Crippen LogP) is 3.58. The van der Waals surface area contributed by atoms with E-state index in [0.29, 0.717) is 5.69 Å². The molecule has 1 heterocycles. The number of rotatable bonds is 3. The molecule has 0 radical (unpaired) electrons. The summed E-state index contributed by atoms with van der Waals surface area (Å²) < 4.78 is 5.38. The molecule has 0 fully saturated rings. The molecule has 1 aliphatic heterocycles. The van der Waals surface area contributed by atoms with Crippen LogP contribution >= 0.6 is 0 Å².